The Morgan fingerprint density at radius 1 is 1.50 bits per heavy atom. The highest BCUT2D eigenvalue weighted by Gasteiger charge is 2.16. The molecule has 3 N–H and O–H groups in total. The van der Waals surface area contributed by atoms with E-state index in [1.807, 2.05) is 0 Å². The smallest absolute Gasteiger partial charge is 0.332 e. The maximum absolute atomic E-state index is 13.0. The number of hydrogen-bond acceptors (Lipinski definition) is 3. The van der Waals surface area contributed by atoms with Crippen molar-refractivity contribution in [3.8, 4) is 5.75 Å². The SMILES string of the molecule is O=C(O)C(O)Cc1ccc(O)cc1F. The van der Waals surface area contributed by atoms with E-state index in [0.29, 0.717) is 0 Å². The Hall–Kier alpha value is -1.62. The number of carboxylic acids is 1. The Bertz CT molecular complexity index is 351. The first kappa shape index (κ1) is 10.5. The third-order valence-corrected chi connectivity index (χ3v) is 1.73. The van der Waals surface area contributed by atoms with Crippen LogP contribution in [-0.2, 0) is 11.2 Å². The third-order valence-electron chi connectivity index (χ3n) is 1.73. The van der Waals surface area contributed by atoms with Crippen LogP contribution in [0.1, 0.15) is 5.56 Å². The Labute approximate surface area is 79.2 Å². The number of phenols is 1. The summed E-state index contributed by atoms with van der Waals surface area (Å²) in [4.78, 5) is 10.3. The van der Waals surface area contributed by atoms with E-state index in [4.69, 9.17) is 15.3 Å². The zero-order valence-corrected chi connectivity index (χ0v) is 7.14. The number of hydrogen-bond donors (Lipinski definition) is 3. The molecule has 0 heterocycles. The van der Waals surface area contributed by atoms with Crippen LogP contribution in [0.25, 0.3) is 0 Å². The Morgan fingerprint density at radius 3 is 2.64 bits per heavy atom. The second-order valence-electron chi connectivity index (χ2n) is 2.83. The molecule has 1 rings (SSSR count). The molecule has 0 bridgehead atoms. The third kappa shape index (κ3) is 2.43. The predicted octanol–water partition coefficient (Wildman–Crippen LogP) is 0.519. The summed E-state index contributed by atoms with van der Waals surface area (Å²) in [6.45, 7) is 0. The number of carbonyl (C=O) groups is 1. The molecule has 0 saturated carbocycles. The summed E-state index contributed by atoms with van der Waals surface area (Å²) in [6.07, 6.45) is -1.95. The summed E-state index contributed by atoms with van der Waals surface area (Å²) < 4.78 is 13.0. The molecule has 5 heteroatoms. The van der Waals surface area contributed by atoms with Gasteiger partial charge in [0.2, 0.25) is 0 Å². The predicted molar refractivity (Wildman–Crippen MR) is 45.4 cm³/mol. The van der Waals surface area contributed by atoms with Gasteiger partial charge in [0.15, 0.2) is 6.10 Å². The van der Waals surface area contributed by atoms with Gasteiger partial charge in [0.05, 0.1) is 0 Å². The number of aliphatic hydroxyl groups is 1. The average Bonchev–Trinajstić information content (AvgIpc) is 2.09. The molecule has 0 saturated heterocycles. The van der Waals surface area contributed by atoms with Crippen LogP contribution in [0.15, 0.2) is 18.2 Å². The van der Waals surface area contributed by atoms with Crippen molar-refractivity contribution in [2.24, 2.45) is 0 Å². The highest BCUT2D eigenvalue weighted by atomic mass is 19.1. The van der Waals surface area contributed by atoms with E-state index >= 15 is 0 Å². The second kappa shape index (κ2) is 4.06. The first-order valence-corrected chi connectivity index (χ1v) is 3.89. The normalized spacial score (nSPS) is 12.4. The van der Waals surface area contributed by atoms with Gasteiger partial charge in [-0.25, -0.2) is 9.18 Å². The van der Waals surface area contributed by atoms with Crippen LogP contribution in [0.3, 0.4) is 0 Å². The number of aliphatic carboxylic acids is 1. The summed E-state index contributed by atoms with van der Waals surface area (Å²) in [5.41, 5.74) is 0.0534. The molecule has 0 aliphatic heterocycles. The van der Waals surface area contributed by atoms with E-state index in [-0.39, 0.29) is 17.7 Å². The molecule has 1 aromatic rings. The molecular formula is C9H9FO4. The lowest BCUT2D eigenvalue weighted by molar-refractivity contribution is -0.146. The van der Waals surface area contributed by atoms with Gasteiger partial charge < -0.3 is 15.3 Å². The fourth-order valence-electron chi connectivity index (χ4n) is 0.997. The summed E-state index contributed by atoms with van der Waals surface area (Å²) in [6, 6.07) is 3.33. The van der Waals surface area contributed by atoms with Crippen molar-refractivity contribution in [1.82, 2.24) is 0 Å². The van der Waals surface area contributed by atoms with Gasteiger partial charge in [-0.2, -0.15) is 0 Å². The van der Waals surface area contributed by atoms with Crippen molar-refractivity contribution in [3.05, 3.63) is 29.6 Å². The number of benzene rings is 1. The molecule has 1 aromatic carbocycles. The van der Waals surface area contributed by atoms with Crippen molar-refractivity contribution < 1.29 is 24.5 Å². The minimum atomic E-state index is -1.63. The van der Waals surface area contributed by atoms with Crippen LogP contribution < -0.4 is 0 Å². The molecule has 1 atom stereocenters. The van der Waals surface area contributed by atoms with Gasteiger partial charge in [0.1, 0.15) is 11.6 Å². The molecule has 4 nitrogen and oxygen atoms in total. The number of carboxylic acid groups (broad SMARTS) is 1. The van der Waals surface area contributed by atoms with Gasteiger partial charge in [-0.05, 0) is 11.6 Å². The molecule has 0 aliphatic rings. The number of phenolic OH excluding ortho intramolecular Hbond substituents is 1. The number of aromatic hydroxyl groups is 1. The van der Waals surface area contributed by atoms with Crippen LogP contribution in [0.2, 0.25) is 0 Å². The first-order valence-electron chi connectivity index (χ1n) is 3.89. The van der Waals surface area contributed by atoms with Gasteiger partial charge in [-0.1, -0.05) is 6.07 Å². The summed E-state index contributed by atoms with van der Waals surface area (Å²) in [5, 5.41) is 26.2. The topological polar surface area (TPSA) is 77.8 Å². The molecule has 0 radical (unpaired) electrons. The molecule has 76 valence electrons. The first-order chi connectivity index (χ1) is 6.50. The van der Waals surface area contributed by atoms with Crippen molar-refractivity contribution in [2.75, 3.05) is 0 Å². The van der Waals surface area contributed by atoms with Crippen LogP contribution in [0.5, 0.6) is 5.75 Å². The molecular weight excluding hydrogens is 191 g/mol. The zero-order valence-electron chi connectivity index (χ0n) is 7.14. The van der Waals surface area contributed by atoms with Crippen LogP contribution in [0.4, 0.5) is 4.39 Å². The molecule has 0 fully saturated rings. The van der Waals surface area contributed by atoms with Gasteiger partial charge in [-0.3, -0.25) is 0 Å². The second-order valence-corrected chi connectivity index (χ2v) is 2.83. The van der Waals surface area contributed by atoms with Gasteiger partial charge >= 0.3 is 5.97 Å². The Morgan fingerprint density at radius 2 is 2.14 bits per heavy atom. The number of aliphatic hydroxyl groups excluding tert-OH is 1. The van der Waals surface area contributed by atoms with Crippen LogP contribution >= 0.6 is 0 Å². The maximum Gasteiger partial charge on any atom is 0.332 e. The minimum Gasteiger partial charge on any atom is -0.508 e. The van der Waals surface area contributed by atoms with E-state index in [0.717, 1.165) is 6.07 Å². The molecule has 14 heavy (non-hydrogen) atoms. The highest BCUT2D eigenvalue weighted by molar-refractivity contribution is 5.72. The molecule has 1 unspecified atom stereocenters. The van der Waals surface area contributed by atoms with E-state index in [1.54, 1.807) is 0 Å². The largest absolute Gasteiger partial charge is 0.508 e. The van der Waals surface area contributed by atoms with Gasteiger partial charge in [0.25, 0.3) is 0 Å². The van der Waals surface area contributed by atoms with Gasteiger partial charge in [-0.15, -0.1) is 0 Å². The fourth-order valence-corrected chi connectivity index (χ4v) is 0.997. The van der Waals surface area contributed by atoms with E-state index in [9.17, 15) is 9.18 Å². The monoisotopic (exact) mass is 200 g/mol. The molecule has 0 aromatic heterocycles. The minimum absolute atomic E-state index is 0.0534. The number of halogens is 1. The van der Waals surface area contributed by atoms with Crippen molar-refractivity contribution in [1.29, 1.82) is 0 Å². The zero-order chi connectivity index (χ0) is 10.7. The molecule has 0 amide bonds. The van der Waals surface area contributed by atoms with Crippen LogP contribution in [-0.4, -0.2) is 27.4 Å². The van der Waals surface area contributed by atoms with E-state index < -0.39 is 17.9 Å². The standard InChI is InChI=1S/C9H9FO4/c10-7-4-6(11)2-1-5(7)3-8(12)9(13)14/h1-2,4,8,11-12H,3H2,(H,13,14). The van der Waals surface area contributed by atoms with Gasteiger partial charge in [0, 0.05) is 12.5 Å². The fraction of sp³-hybridized carbons (Fsp3) is 0.222. The van der Waals surface area contributed by atoms with E-state index in [1.165, 1.54) is 12.1 Å². The maximum atomic E-state index is 13.0. The van der Waals surface area contributed by atoms with Crippen molar-refractivity contribution in [2.45, 2.75) is 12.5 Å². The van der Waals surface area contributed by atoms with Crippen molar-refractivity contribution in [3.63, 3.8) is 0 Å². The summed E-state index contributed by atoms with van der Waals surface area (Å²) in [5.74, 6) is -2.38. The molecule has 0 aliphatic carbocycles. The summed E-state index contributed by atoms with van der Waals surface area (Å²) in [7, 11) is 0. The van der Waals surface area contributed by atoms with E-state index in [2.05, 4.69) is 0 Å². The lowest BCUT2D eigenvalue weighted by Gasteiger charge is -2.06. The lowest BCUT2D eigenvalue weighted by atomic mass is 10.1. The summed E-state index contributed by atoms with van der Waals surface area (Å²) >= 11 is 0. The Balaban J connectivity index is 2.82. The lowest BCUT2D eigenvalue weighted by Crippen LogP contribution is -2.22. The van der Waals surface area contributed by atoms with Crippen LogP contribution in [0, 0.1) is 5.82 Å². The highest BCUT2D eigenvalue weighted by Crippen LogP contribution is 2.16. The number of rotatable bonds is 3. The average molecular weight is 200 g/mol. The quantitative estimate of drug-likeness (QED) is 0.664. The Kier molecular flexibility index (Phi) is 3.03. The molecule has 0 spiro atoms. The van der Waals surface area contributed by atoms with Crippen molar-refractivity contribution >= 4 is 5.97 Å².